The number of carboxylic acids is 1. The van der Waals surface area contributed by atoms with E-state index >= 15 is 0 Å². The number of halogens is 1. The number of carbonyl (C=O) groups is 1. The number of aromatic nitrogens is 2. The Balaban J connectivity index is 1.52. The van der Waals surface area contributed by atoms with E-state index < -0.39 is 5.97 Å². The average molecular weight is 512 g/mol. The van der Waals surface area contributed by atoms with Gasteiger partial charge in [0.05, 0.1) is 24.1 Å². The van der Waals surface area contributed by atoms with Gasteiger partial charge in [-0.3, -0.25) is 0 Å². The number of rotatable bonds is 10. The maximum absolute atomic E-state index is 11.5. The Hall–Kier alpha value is -3.36. The quantitative estimate of drug-likeness (QED) is 0.252. The third kappa shape index (κ3) is 5.33. The first kappa shape index (κ1) is 24.8. The number of benzene rings is 2. The number of anilines is 1. The molecule has 0 atom stereocenters. The van der Waals surface area contributed by atoms with Gasteiger partial charge in [-0.1, -0.05) is 24.6 Å². The lowest BCUT2D eigenvalue weighted by atomic mass is 10.1. The summed E-state index contributed by atoms with van der Waals surface area (Å²) in [6.45, 7) is 5.15. The lowest BCUT2D eigenvalue weighted by molar-refractivity contribution is 0.0692. The van der Waals surface area contributed by atoms with Crippen molar-refractivity contribution in [1.29, 1.82) is 0 Å². The summed E-state index contributed by atoms with van der Waals surface area (Å²) in [5.74, 6) is 0.807. The number of thiophene rings is 1. The summed E-state index contributed by atoms with van der Waals surface area (Å²) < 4.78 is 12.2. The molecule has 0 saturated heterocycles. The molecule has 0 aliphatic rings. The second-order valence-electron chi connectivity index (χ2n) is 7.92. The van der Waals surface area contributed by atoms with Crippen molar-refractivity contribution in [3.63, 3.8) is 0 Å². The zero-order valence-corrected chi connectivity index (χ0v) is 21.3. The molecule has 2 aromatic carbocycles. The van der Waals surface area contributed by atoms with Crippen LogP contribution in [0.4, 0.5) is 5.82 Å². The van der Waals surface area contributed by atoms with Crippen LogP contribution in [-0.2, 0) is 6.42 Å². The largest absolute Gasteiger partial charge is 0.495 e. The summed E-state index contributed by atoms with van der Waals surface area (Å²) in [6.07, 6.45) is 3.03. The lowest BCUT2D eigenvalue weighted by Gasteiger charge is -2.11. The molecular formula is C26H26ClN3O4S. The van der Waals surface area contributed by atoms with Crippen molar-refractivity contribution in [1.82, 2.24) is 9.97 Å². The van der Waals surface area contributed by atoms with Crippen molar-refractivity contribution in [2.75, 3.05) is 25.6 Å². The number of hydrogen-bond acceptors (Lipinski definition) is 7. The SMILES string of the molecule is CCCOc1cc(-c2cc(NCCc3c(C)sc4c(OC)ccc(Cl)c34)ncn2)ccc1C(=O)O. The molecule has 7 nitrogen and oxygen atoms in total. The first-order valence-electron chi connectivity index (χ1n) is 11.2. The number of methoxy groups -OCH3 is 1. The molecule has 0 aliphatic carbocycles. The number of fused-ring (bicyclic) bond motifs is 1. The second-order valence-corrected chi connectivity index (χ2v) is 9.55. The first-order valence-corrected chi connectivity index (χ1v) is 12.4. The van der Waals surface area contributed by atoms with Crippen LogP contribution in [0.25, 0.3) is 21.3 Å². The van der Waals surface area contributed by atoms with Crippen LogP contribution in [0, 0.1) is 6.92 Å². The van der Waals surface area contributed by atoms with Gasteiger partial charge in [-0.2, -0.15) is 0 Å². The highest BCUT2D eigenvalue weighted by Gasteiger charge is 2.16. The van der Waals surface area contributed by atoms with Crippen molar-refractivity contribution in [2.45, 2.75) is 26.7 Å². The summed E-state index contributed by atoms with van der Waals surface area (Å²) in [5, 5.41) is 14.6. The van der Waals surface area contributed by atoms with Gasteiger partial charge in [-0.05, 0) is 49.6 Å². The van der Waals surface area contributed by atoms with E-state index in [1.54, 1.807) is 36.6 Å². The van der Waals surface area contributed by atoms with E-state index in [1.807, 2.05) is 25.1 Å². The lowest BCUT2D eigenvalue weighted by Crippen LogP contribution is -2.07. The second kappa shape index (κ2) is 10.9. The topological polar surface area (TPSA) is 93.6 Å². The zero-order valence-electron chi connectivity index (χ0n) is 19.7. The fourth-order valence-electron chi connectivity index (χ4n) is 3.89. The Kier molecular flexibility index (Phi) is 7.73. The number of ether oxygens (including phenoxy) is 2. The van der Waals surface area contributed by atoms with E-state index in [0.717, 1.165) is 39.3 Å². The summed E-state index contributed by atoms with van der Waals surface area (Å²) >= 11 is 8.21. The van der Waals surface area contributed by atoms with Gasteiger partial charge >= 0.3 is 5.97 Å². The molecule has 4 rings (SSSR count). The molecule has 0 bridgehead atoms. The van der Waals surface area contributed by atoms with Gasteiger partial charge in [-0.15, -0.1) is 11.3 Å². The van der Waals surface area contributed by atoms with Crippen LogP contribution < -0.4 is 14.8 Å². The molecule has 35 heavy (non-hydrogen) atoms. The molecule has 2 aromatic heterocycles. The van der Waals surface area contributed by atoms with Gasteiger partial charge in [0, 0.05) is 33.5 Å². The predicted octanol–water partition coefficient (Wildman–Crippen LogP) is 6.47. The molecule has 182 valence electrons. The van der Waals surface area contributed by atoms with Crippen molar-refractivity contribution in [3.8, 4) is 22.8 Å². The van der Waals surface area contributed by atoms with Crippen LogP contribution in [-0.4, -0.2) is 41.3 Å². The molecule has 0 fully saturated rings. The third-order valence-corrected chi connectivity index (χ3v) is 7.07. The van der Waals surface area contributed by atoms with Crippen molar-refractivity contribution >= 4 is 44.8 Å². The van der Waals surface area contributed by atoms with E-state index in [0.29, 0.717) is 30.4 Å². The molecule has 2 N–H and O–H groups in total. The number of nitrogens with zero attached hydrogens (tertiary/aromatic N) is 2. The standard InChI is InChI=1S/C26H26ClN3O4S/c1-4-11-34-22-12-16(5-6-18(22)26(31)32)20-13-23(30-14-29-20)28-10-9-17-15(2)35-25-21(33-3)8-7-19(27)24(17)25/h5-8,12-14H,4,9-11H2,1-3H3,(H,31,32)(H,28,29,30). The fourth-order valence-corrected chi connectivity index (χ4v) is 5.44. The predicted molar refractivity (Wildman–Crippen MR) is 141 cm³/mol. The van der Waals surface area contributed by atoms with E-state index in [4.69, 9.17) is 21.1 Å². The number of carboxylic acid groups (broad SMARTS) is 1. The minimum atomic E-state index is -1.03. The van der Waals surface area contributed by atoms with E-state index in [1.165, 1.54) is 16.8 Å². The maximum Gasteiger partial charge on any atom is 0.339 e. The van der Waals surface area contributed by atoms with Crippen LogP contribution in [0.3, 0.4) is 0 Å². The zero-order chi connectivity index (χ0) is 24.9. The first-order chi connectivity index (χ1) is 16.9. The van der Waals surface area contributed by atoms with Crippen LogP contribution in [0.1, 0.15) is 34.1 Å². The highest BCUT2D eigenvalue weighted by Crippen LogP contribution is 2.41. The minimum Gasteiger partial charge on any atom is -0.495 e. The van der Waals surface area contributed by atoms with Crippen LogP contribution >= 0.6 is 22.9 Å². The van der Waals surface area contributed by atoms with Gasteiger partial charge in [0.1, 0.15) is 29.2 Å². The summed E-state index contributed by atoms with van der Waals surface area (Å²) in [6, 6.07) is 10.6. The van der Waals surface area contributed by atoms with E-state index in [-0.39, 0.29) is 5.56 Å². The molecule has 0 radical (unpaired) electrons. The van der Waals surface area contributed by atoms with Crippen LogP contribution in [0.5, 0.6) is 11.5 Å². The Morgan fingerprint density at radius 2 is 2.00 bits per heavy atom. The smallest absolute Gasteiger partial charge is 0.339 e. The third-order valence-electron chi connectivity index (χ3n) is 5.59. The van der Waals surface area contributed by atoms with E-state index in [2.05, 4.69) is 22.2 Å². The molecule has 0 spiro atoms. The highest BCUT2D eigenvalue weighted by atomic mass is 35.5. The molecule has 0 unspecified atom stereocenters. The summed E-state index contributed by atoms with van der Waals surface area (Å²) in [5.41, 5.74) is 2.75. The minimum absolute atomic E-state index is 0.128. The number of nitrogens with one attached hydrogen (secondary N) is 1. The van der Waals surface area contributed by atoms with Gasteiger partial charge in [0.15, 0.2) is 0 Å². The average Bonchev–Trinajstić information content (AvgIpc) is 3.19. The molecule has 0 aliphatic heterocycles. The van der Waals surface area contributed by atoms with Gasteiger partial charge in [0.2, 0.25) is 0 Å². The Morgan fingerprint density at radius 3 is 2.74 bits per heavy atom. The summed E-state index contributed by atoms with van der Waals surface area (Å²) in [7, 11) is 1.67. The van der Waals surface area contributed by atoms with Crippen molar-refractivity contribution in [3.05, 3.63) is 63.8 Å². The number of hydrogen-bond donors (Lipinski definition) is 2. The van der Waals surface area contributed by atoms with Crippen LogP contribution in [0.15, 0.2) is 42.7 Å². The van der Waals surface area contributed by atoms with E-state index in [9.17, 15) is 9.90 Å². The van der Waals surface area contributed by atoms with Crippen molar-refractivity contribution in [2.24, 2.45) is 0 Å². The normalized spacial score (nSPS) is 11.0. The molecule has 2 heterocycles. The summed E-state index contributed by atoms with van der Waals surface area (Å²) in [4.78, 5) is 21.4. The Bertz CT molecular complexity index is 1370. The van der Waals surface area contributed by atoms with Gasteiger partial charge in [-0.25, -0.2) is 14.8 Å². The fraction of sp³-hybridized carbons (Fsp3) is 0.269. The Labute approximate surface area is 212 Å². The molecule has 0 saturated carbocycles. The van der Waals surface area contributed by atoms with Gasteiger partial charge < -0.3 is 19.9 Å². The number of aromatic carboxylic acids is 1. The van der Waals surface area contributed by atoms with Crippen molar-refractivity contribution < 1.29 is 19.4 Å². The molecule has 4 aromatic rings. The molecular weight excluding hydrogens is 486 g/mol. The maximum atomic E-state index is 11.5. The number of aryl methyl sites for hydroxylation is 1. The van der Waals surface area contributed by atoms with Gasteiger partial charge in [0.25, 0.3) is 0 Å². The highest BCUT2D eigenvalue weighted by molar-refractivity contribution is 7.19. The molecule has 9 heteroatoms. The van der Waals surface area contributed by atoms with Crippen LogP contribution in [0.2, 0.25) is 5.02 Å². The Morgan fingerprint density at radius 1 is 1.17 bits per heavy atom. The molecule has 0 amide bonds. The monoisotopic (exact) mass is 511 g/mol.